The zero-order valence-electron chi connectivity index (χ0n) is 14.2. The maximum absolute atomic E-state index is 5.78. The van der Waals surface area contributed by atoms with Crippen LogP contribution in [-0.2, 0) is 4.74 Å². The molecule has 5 nitrogen and oxygen atoms in total. The van der Waals surface area contributed by atoms with Crippen LogP contribution in [0.4, 0.5) is 0 Å². The summed E-state index contributed by atoms with van der Waals surface area (Å²) in [5, 5.41) is 3.11. The maximum atomic E-state index is 5.78. The summed E-state index contributed by atoms with van der Waals surface area (Å²) in [5.74, 6) is 1.44. The molecule has 6 heteroatoms. The molecule has 0 amide bonds. The van der Waals surface area contributed by atoms with Crippen molar-refractivity contribution in [3.8, 4) is 5.75 Å². The Labute approximate surface area is 157 Å². The highest BCUT2D eigenvalue weighted by Gasteiger charge is 1.95. The molecule has 0 fully saturated rings. The van der Waals surface area contributed by atoms with Gasteiger partial charge in [0.2, 0.25) is 0 Å². The van der Waals surface area contributed by atoms with Gasteiger partial charge in [-0.3, -0.25) is 4.99 Å². The van der Waals surface area contributed by atoms with E-state index in [0.717, 1.165) is 51.4 Å². The lowest BCUT2D eigenvalue weighted by Crippen LogP contribution is -2.32. The van der Waals surface area contributed by atoms with Crippen LogP contribution in [0, 0.1) is 6.92 Å². The fourth-order valence-corrected chi connectivity index (χ4v) is 1.83. The number of nitrogens with two attached hydrogens (primary N) is 1. The fourth-order valence-electron chi connectivity index (χ4n) is 1.83. The lowest BCUT2D eigenvalue weighted by Gasteiger charge is -2.08. The molecule has 0 aliphatic carbocycles. The Morgan fingerprint density at radius 2 is 1.87 bits per heavy atom. The monoisotopic (exact) mass is 435 g/mol. The van der Waals surface area contributed by atoms with E-state index in [-0.39, 0.29) is 24.0 Å². The van der Waals surface area contributed by atoms with Crippen LogP contribution < -0.4 is 15.8 Å². The number of hydrogen-bond donors (Lipinski definition) is 2. The molecule has 0 atom stereocenters. The SMILES string of the molecule is CCOCCCN=C(N)NCCCCOc1ccc(C)cc1.I. The van der Waals surface area contributed by atoms with E-state index in [4.69, 9.17) is 15.2 Å². The van der Waals surface area contributed by atoms with Gasteiger partial charge in [-0.25, -0.2) is 0 Å². The molecule has 0 spiro atoms. The highest BCUT2D eigenvalue weighted by atomic mass is 127. The van der Waals surface area contributed by atoms with Gasteiger partial charge in [-0.15, -0.1) is 24.0 Å². The van der Waals surface area contributed by atoms with Gasteiger partial charge in [0.25, 0.3) is 0 Å². The van der Waals surface area contributed by atoms with Crippen LogP contribution in [0.3, 0.4) is 0 Å². The molecular weight excluding hydrogens is 405 g/mol. The van der Waals surface area contributed by atoms with Gasteiger partial charge < -0.3 is 20.5 Å². The number of nitrogens with zero attached hydrogens (tertiary/aromatic N) is 1. The van der Waals surface area contributed by atoms with Crippen LogP contribution in [0.15, 0.2) is 29.3 Å². The summed E-state index contributed by atoms with van der Waals surface area (Å²) in [6.07, 6.45) is 2.89. The summed E-state index contributed by atoms with van der Waals surface area (Å²) >= 11 is 0. The van der Waals surface area contributed by atoms with Crippen molar-refractivity contribution in [3.05, 3.63) is 29.8 Å². The summed E-state index contributed by atoms with van der Waals surface area (Å²) in [6.45, 7) is 7.79. The van der Waals surface area contributed by atoms with Gasteiger partial charge in [0.15, 0.2) is 5.96 Å². The Morgan fingerprint density at radius 1 is 1.13 bits per heavy atom. The third-order valence-corrected chi connectivity index (χ3v) is 3.10. The topological polar surface area (TPSA) is 68.9 Å². The third-order valence-electron chi connectivity index (χ3n) is 3.10. The Morgan fingerprint density at radius 3 is 2.57 bits per heavy atom. The first kappa shape index (κ1) is 22.0. The molecule has 0 radical (unpaired) electrons. The van der Waals surface area contributed by atoms with Crippen LogP contribution in [0.2, 0.25) is 0 Å². The average molecular weight is 435 g/mol. The van der Waals surface area contributed by atoms with Gasteiger partial charge >= 0.3 is 0 Å². The smallest absolute Gasteiger partial charge is 0.188 e. The minimum Gasteiger partial charge on any atom is -0.494 e. The van der Waals surface area contributed by atoms with E-state index >= 15 is 0 Å². The molecule has 0 aliphatic heterocycles. The number of hydrogen-bond acceptors (Lipinski definition) is 3. The lowest BCUT2D eigenvalue weighted by molar-refractivity contribution is 0.146. The van der Waals surface area contributed by atoms with Gasteiger partial charge in [0, 0.05) is 26.3 Å². The van der Waals surface area contributed by atoms with Crippen LogP contribution in [0.25, 0.3) is 0 Å². The molecule has 0 heterocycles. The summed E-state index contributed by atoms with van der Waals surface area (Å²) in [4.78, 5) is 4.24. The molecular formula is C17H30IN3O2. The number of unbranched alkanes of at least 4 members (excludes halogenated alkanes) is 1. The minimum absolute atomic E-state index is 0. The van der Waals surface area contributed by atoms with Gasteiger partial charge in [-0.1, -0.05) is 17.7 Å². The number of benzene rings is 1. The van der Waals surface area contributed by atoms with Crippen molar-refractivity contribution in [2.75, 3.05) is 32.9 Å². The van der Waals surface area contributed by atoms with Crippen molar-refractivity contribution in [2.45, 2.75) is 33.1 Å². The zero-order chi connectivity index (χ0) is 16.0. The molecule has 1 aromatic rings. The summed E-state index contributed by atoms with van der Waals surface area (Å²) < 4.78 is 10.9. The van der Waals surface area contributed by atoms with Gasteiger partial charge in [-0.05, 0) is 45.2 Å². The summed E-state index contributed by atoms with van der Waals surface area (Å²) in [7, 11) is 0. The molecule has 1 aromatic carbocycles. The molecule has 0 bridgehead atoms. The number of nitrogens with one attached hydrogen (secondary N) is 1. The molecule has 0 aromatic heterocycles. The van der Waals surface area contributed by atoms with Crippen LogP contribution in [0.5, 0.6) is 5.75 Å². The van der Waals surface area contributed by atoms with Crippen LogP contribution >= 0.6 is 24.0 Å². The van der Waals surface area contributed by atoms with Crippen molar-refractivity contribution in [3.63, 3.8) is 0 Å². The first-order chi connectivity index (χ1) is 10.7. The van der Waals surface area contributed by atoms with Gasteiger partial charge in [-0.2, -0.15) is 0 Å². The maximum Gasteiger partial charge on any atom is 0.188 e. The minimum atomic E-state index is 0. The van der Waals surface area contributed by atoms with Crippen molar-refractivity contribution < 1.29 is 9.47 Å². The van der Waals surface area contributed by atoms with E-state index in [1.54, 1.807) is 0 Å². The quantitative estimate of drug-likeness (QED) is 0.243. The second-order valence-electron chi connectivity index (χ2n) is 5.11. The highest BCUT2D eigenvalue weighted by molar-refractivity contribution is 14.0. The molecule has 0 saturated carbocycles. The molecule has 0 aliphatic rings. The normalized spacial score (nSPS) is 11.0. The molecule has 132 valence electrons. The number of halogens is 1. The van der Waals surface area contributed by atoms with E-state index in [1.807, 2.05) is 19.1 Å². The fraction of sp³-hybridized carbons (Fsp3) is 0.588. The first-order valence-corrected chi connectivity index (χ1v) is 8.03. The Kier molecular flexibility index (Phi) is 13.9. The first-order valence-electron chi connectivity index (χ1n) is 8.03. The number of guanidine groups is 1. The van der Waals surface area contributed by atoms with E-state index in [0.29, 0.717) is 12.5 Å². The lowest BCUT2D eigenvalue weighted by atomic mass is 10.2. The van der Waals surface area contributed by atoms with Crippen LogP contribution in [-0.4, -0.2) is 38.9 Å². The van der Waals surface area contributed by atoms with Crippen LogP contribution in [0.1, 0.15) is 31.7 Å². The third kappa shape index (κ3) is 12.1. The number of aliphatic imine (C=N–C) groups is 1. The predicted molar refractivity (Wildman–Crippen MR) is 107 cm³/mol. The summed E-state index contributed by atoms with van der Waals surface area (Å²) in [6, 6.07) is 8.11. The van der Waals surface area contributed by atoms with Crippen molar-refractivity contribution in [1.29, 1.82) is 0 Å². The van der Waals surface area contributed by atoms with E-state index in [1.165, 1.54) is 5.56 Å². The van der Waals surface area contributed by atoms with Crippen molar-refractivity contribution in [1.82, 2.24) is 5.32 Å². The molecule has 0 unspecified atom stereocenters. The molecule has 23 heavy (non-hydrogen) atoms. The number of aryl methyl sites for hydroxylation is 1. The predicted octanol–water partition coefficient (Wildman–Crippen LogP) is 3.10. The van der Waals surface area contributed by atoms with Gasteiger partial charge in [0.1, 0.15) is 5.75 Å². The van der Waals surface area contributed by atoms with Crippen molar-refractivity contribution in [2.24, 2.45) is 10.7 Å². The van der Waals surface area contributed by atoms with Gasteiger partial charge in [0.05, 0.1) is 6.61 Å². The molecule has 1 rings (SSSR count). The standard InChI is InChI=1S/C17H29N3O2.HI/c1-3-21-13-6-12-20-17(18)19-11-4-5-14-22-16-9-7-15(2)8-10-16;/h7-10H,3-6,11-14H2,1-2H3,(H3,18,19,20);1H. The number of rotatable bonds is 11. The van der Waals surface area contributed by atoms with E-state index in [9.17, 15) is 0 Å². The van der Waals surface area contributed by atoms with Crippen molar-refractivity contribution >= 4 is 29.9 Å². The average Bonchev–Trinajstić information content (AvgIpc) is 2.52. The number of ether oxygens (including phenoxy) is 2. The van der Waals surface area contributed by atoms with E-state index < -0.39 is 0 Å². The Hall–Kier alpha value is -1.02. The zero-order valence-corrected chi connectivity index (χ0v) is 16.5. The Bertz CT molecular complexity index is 424. The Balaban J connectivity index is 0.00000484. The highest BCUT2D eigenvalue weighted by Crippen LogP contribution is 2.11. The van der Waals surface area contributed by atoms with E-state index in [2.05, 4.69) is 29.4 Å². The molecule has 3 N–H and O–H groups in total. The summed E-state index contributed by atoms with van der Waals surface area (Å²) in [5.41, 5.74) is 7.02. The largest absolute Gasteiger partial charge is 0.494 e. The second kappa shape index (κ2) is 14.6. The molecule has 0 saturated heterocycles. The second-order valence-corrected chi connectivity index (χ2v) is 5.11.